The number of esters is 1. The lowest BCUT2D eigenvalue weighted by Crippen LogP contribution is -2.38. The highest BCUT2D eigenvalue weighted by Crippen LogP contribution is 2.38. The molecule has 1 atom stereocenters. The van der Waals surface area contributed by atoms with Crippen molar-refractivity contribution in [2.75, 3.05) is 38.2 Å². The van der Waals surface area contributed by atoms with E-state index in [1.54, 1.807) is 25.1 Å². The summed E-state index contributed by atoms with van der Waals surface area (Å²) < 4.78 is 16.4. The number of ether oxygens (including phenoxy) is 1. The molecule has 0 aromatic heterocycles. The quantitative estimate of drug-likeness (QED) is 0.314. The molecule has 0 spiro atoms. The lowest BCUT2D eigenvalue weighted by molar-refractivity contribution is -0.135. The number of nitrogens with one attached hydrogen (secondary N) is 2. The lowest BCUT2D eigenvalue weighted by atomic mass is 10.1. The number of rotatable bonds is 11. The van der Waals surface area contributed by atoms with E-state index < -0.39 is 14.3 Å². The van der Waals surface area contributed by atoms with Gasteiger partial charge in [-0.2, -0.15) is 0 Å². The maximum Gasteiger partial charge on any atom is 0.356 e. The second-order valence-corrected chi connectivity index (χ2v) is 8.40. The van der Waals surface area contributed by atoms with Crippen LogP contribution >= 0.6 is 8.38 Å². The summed E-state index contributed by atoms with van der Waals surface area (Å²) in [6.07, 6.45) is 2.02. The Morgan fingerprint density at radius 3 is 2.47 bits per heavy atom. The van der Waals surface area contributed by atoms with Crippen LogP contribution in [0.15, 0.2) is 18.2 Å². The summed E-state index contributed by atoms with van der Waals surface area (Å²) in [5, 5.41) is 12.2. The summed E-state index contributed by atoms with van der Waals surface area (Å²) in [6.45, 7) is 9.56. The van der Waals surface area contributed by atoms with E-state index in [-0.39, 0.29) is 30.8 Å². The molecule has 166 valence electrons. The minimum atomic E-state index is -1.29. The van der Waals surface area contributed by atoms with E-state index >= 15 is 0 Å². The number of benzene rings is 1. The van der Waals surface area contributed by atoms with E-state index in [9.17, 15) is 9.59 Å². The van der Waals surface area contributed by atoms with E-state index in [4.69, 9.17) is 19.2 Å². The molecule has 1 unspecified atom stereocenters. The maximum atomic E-state index is 12.6. The molecule has 0 radical (unpaired) electrons. The molecule has 1 aromatic carbocycles. The number of likely N-dealkylation sites (tertiary alicyclic amines) is 1. The van der Waals surface area contributed by atoms with Gasteiger partial charge in [-0.1, -0.05) is 0 Å². The Bertz CT molecular complexity index is 752. The van der Waals surface area contributed by atoms with Crippen LogP contribution in [0.4, 0.5) is 5.69 Å². The topological polar surface area (TPSA) is 101 Å². The van der Waals surface area contributed by atoms with Crippen molar-refractivity contribution in [3.8, 4) is 0 Å². The SMILES string of the molecule is CCOC(=O)C(=N)c1ccc(P(OCC)OCC)cc1NCC(=O)N1CCCC1C. The maximum absolute atomic E-state index is 12.6. The minimum absolute atomic E-state index is 0.00380. The molecule has 0 aliphatic carbocycles. The largest absolute Gasteiger partial charge is 0.461 e. The number of amides is 1. The fraction of sp³-hybridized carbons (Fsp3) is 0.571. The standard InChI is InChI=1S/C21H32N3O5P/c1-5-27-21(26)20(22)17-11-10-16(30(28-6-2)29-7-3)13-18(17)23-14-19(25)24-12-8-9-15(24)4/h10-11,13,15,22-23H,5-9,12,14H2,1-4H3. The second kappa shape index (κ2) is 12.0. The molecule has 1 fully saturated rings. The zero-order valence-electron chi connectivity index (χ0n) is 18.2. The molecule has 1 saturated heterocycles. The first-order valence-corrected chi connectivity index (χ1v) is 11.6. The van der Waals surface area contributed by atoms with Crippen molar-refractivity contribution in [1.82, 2.24) is 4.90 Å². The van der Waals surface area contributed by atoms with Crippen LogP contribution in [0.5, 0.6) is 0 Å². The van der Waals surface area contributed by atoms with E-state index in [1.807, 2.05) is 25.7 Å². The summed E-state index contributed by atoms with van der Waals surface area (Å²) >= 11 is 0. The highest BCUT2D eigenvalue weighted by molar-refractivity contribution is 7.56. The zero-order chi connectivity index (χ0) is 22.1. The fourth-order valence-electron chi connectivity index (χ4n) is 3.32. The molecule has 0 saturated carbocycles. The van der Waals surface area contributed by atoms with Crippen molar-refractivity contribution < 1.29 is 23.4 Å². The number of carbonyl (C=O) groups excluding carboxylic acids is 2. The summed E-state index contributed by atoms with van der Waals surface area (Å²) in [7, 11) is -1.29. The highest BCUT2D eigenvalue weighted by atomic mass is 31.2. The van der Waals surface area contributed by atoms with Gasteiger partial charge >= 0.3 is 5.97 Å². The van der Waals surface area contributed by atoms with Crippen molar-refractivity contribution >= 4 is 37.0 Å². The molecule has 9 heteroatoms. The molecule has 30 heavy (non-hydrogen) atoms. The molecule has 2 rings (SSSR count). The van der Waals surface area contributed by atoms with Crippen molar-refractivity contribution in [1.29, 1.82) is 5.41 Å². The van der Waals surface area contributed by atoms with Gasteiger partial charge in [0.25, 0.3) is 0 Å². The number of carbonyl (C=O) groups is 2. The molecule has 1 aliphatic heterocycles. The predicted octanol–water partition coefficient (Wildman–Crippen LogP) is 3.05. The van der Waals surface area contributed by atoms with E-state index in [2.05, 4.69) is 5.32 Å². The van der Waals surface area contributed by atoms with Crippen LogP contribution in [0.3, 0.4) is 0 Å². The van der Waals surface area contributed by atoms with E-state index in [1.165, 1.54) is 0 Å². The number of hydrogen-bond acceptors (Lipinski definition) is 7. The second-order valence-electron chi connectivity index (χ2n) is 6.85. The fourth-order valence-corrected chi connectivity index (χ4v) is 4.59. The van der Waals surface area contributed by atoms with Crippen LogP contribution in [0, 0.1) is 5.41 Å². The van der Waals surface area contributed by atoms with Gasteiger partial charge < -0.3 is 24.0 Å². The monoisotopic (exact) mass is 437 g/mol. The Morgan fingerprint density at radius 2 is 1.90 bits per heavy atom. The average Bonchev–Trinajstić information content (AvgIpc) is 3.17. The van der Waals surface area contributed by atoms with E-state index in [0.29, 0.717) is 24.5 Å². The highest BCUT2D eigenvalue weighted by Gasteiger charge is 2.26. The third kappa shape index (κ3) is 6.24. The summed E-state index contributed by atoms with van der Waals surface area (Å²) in [4.78, 5) is 26.6. The molecular formula is C21H32N3O5P. The minimum Gasteiger partial charge on any atom is -0.461 e. The average molecular weight is 437 g/mol. The smallest absolute Gasteiger partial charge is 0.356 e. The normalized spacial score (nSPS) is 16.0. The van der Waals surface area contributed by atoms with Gasteiger partial charge in [0, 0.05) is 29.1 Å². The Balaban J connectivity index is 2.28. The molecule has 2 N–H and O–H groups in total. The van der Waals surface area contributed by atoms with Gasteiger partial charge in [0.05, 0.1) is 26.4 Å². The van der Waals surface area contributed by atoms with E-state index in [0.717, 1.165) is 24.7 Å². The van der Waals surface area contributed by atoms with Crippen molar-refractivity contribution in [3.05, 3.63) is 23.8 Å². The van der Waals surface area contributed by atoms with Crippen molar-refractivity contribution in [2.45, 2.75) is 46.6 Å². The van der Waals surface area contributed by atoms with Gasteiger partial charge in [-0.3, -0.25) is 10.2 Å². The predicted molar refractivity (Wildman–Crippen MR) is 119 cm³/mol. The third-order valence-electron chi connectivity index (χ3n) is 4.76. The van der Waals surface area contributed by atoms with Gasteiger partial charge in [-0.05, 0) is 58.7 Å². The number of hydrogen-bond donors (Lipinski definition) is 2. The Morgan fingerprint density at radius 1 is 1.20 bits per heavy atom. The van der Waals surface area contributed by atoms with Gasteiger partial charge in [-0.15, -0.1) is 0 Å². The first-order valence-electron chi connectivity index (χ1n) is 10.4. The molecular weight excluding hydrogens is 405 g/mol. The number of anilines is 1. The number of nitrogens with zero attached hydrogens (tertiary/aromatic N) is 1. The van der Waals surface area contributed by atoms with Crippen molar-refractivity contribution in [3.63, 3.8) is 0 Å². The third-order valence-corrected chi connectivity index (χ3v) is 6.44. The Kier molecular flexibility index (Phi) is 9.69. The lowest BCUT2D eigenvalue weighted by Gasteiger charge is -2.23. The van der Waals surface area contributed by atoms with Gasteiger partial charge in [-0.25, -0.2) is 4.79 Å². The molecule has 1 aromatic rings. The van der Waals surface area contributed by atoms with Crippen LogP contribution < -0.4 is 10.6 Å². The molecule has 1 heterocycles. The van der Waals surface area contributed by atoms with Gasteiger partial charge in [0.1, 0.15) is 5.71 Å². The van der Waals surface area contributed by atoms with Crippen LogP contribution in [-0.2, 0) is 23.4 Å². The van der Waals surface area contributed by atoms with Crippen LogP contribution in [0.25, 0.3) is 0 Å². The van der Waals surface area contributed by atoms with Crippen LogP contribution in [0.1, 0.15) is 46.1 Å². The van der Waals surface area contributed by atoms with Gasteiger partial charge in [0.2, 0.25) is 14.3 Å². The zero-order valence-corrected chi connectivity index (χ0v) is 19.1. The van der Waals surface area contributed by atoms with Crippen LogP contribution in [0.2, 0.25) is 0 Å². The Hall–Kier alpha value is -2.02. The summed E-state index contributed by atoms with van der Waals surface area (Å²) in [5.41, 5.74) is 0.630. The first-order chi connectivity index (χ1) is 14.4. The Labute approximate surface area is 179 Å². The van der Waals surface area contributed by atoms with Crippen molar-refractivity contribution in [2.24, 2.45) is 0 Å². The molecule has 0 bridgehead atoms. The van der Waals surface area contributed by atoms with Crippen LogP contribution in [-0.4, -0.2) is 61.4 Å². The molecule has 1 aliphatic rings. The summed E-state index contributed by atoms with van der Waals surface area (Å²) in [5.74, 6) is -0.708. The molecule has 8 nitrogen and oxygen atoms in total. The van der Waals surface area contributed by atoms with Gasteiger partial charge in [0.15, 0.2) is 0 Å². The first kappa shape index (κ1) is 24.3. The molecule has 1 amide bonds. The summed E-state index contributed by atoms with van der Waals surface area (Å²) in [6, 6.07) is 5.48.